The molecule has 0 spiro atoms. The Kier molecular flexibility index (Phi) is 4.35. The lowest BCUT2D eigenvalue weighted by molar-refractivity contribution is 0.199. The van der Waals surface area contributed by atoms with Crippen molar-refractivity contribution >= 4 is 0 Å². The minimum atomic E-state index is -0.882. The van der Waals surface area contributed by atoms with E-state index in [2.05, 4.69) is 0 Å². The van der Waals surface area contributed by atoms with Crippen LogP contribution in [0.1, 0.15) is 29.7 Å². The summed E-state index contributed by atoms with van der Waals surface area (Å²) < 4.78 is 31.5. The van der Waals surface area contributed by atoms with Gasteiger partial charge >= 0.3 is 0 Å². The Morgan fingerprint density at radius 3 is 2.45 bits per heavy atom. The second-order valence-electron chi connectivity index (χ2n) is 4.74. The largest absolute Gasteiger partial charge is 0.489 e. The van der Waals surface area contributed by atoms with Gasteiger partial charge in [-0.2, -0.15) is 0 Å². The third kappa shape index (κ3) is 3.33. The molecule has 0 radical (unpaired) electrons. The standard InChI is InChI=1S/C16H16F2O2/c1-10-7-13(11(2)19)4-6-16(10)20-9-12-3-5-14(17)15(18)8-12/h3-8,11,19H,9H2,1-2H3. The molecule has 0 aromatic heterocycles. The van der Waals surface area contributed by atoms with E-state index in [1.807, 2.05) is 13.0 Å². The van der Waals surface area contributed by atoms with Gasteiger partial charge in [-0.1, -0.05) is 12.1 Å². The Morgan fingerprint density at radius 1 is 1.10 bits per heavy atom. The number of halogens is 2. The van der Waals surface area contributed by atoms with E-state index in [-0.39, 0.29) is 6.61 Å². The van der Waals surface area contributed by atoms with Crippen LogP contribution in [0.25, 0.3) is 0 Å². The summed E-state index contributed by atoms with van der Waals surface area (Å²) in [7, 11) is 0. The number of aryl methyl sites for hydroxylation is 1. The summed E-state index contributed by atoms with van der Waals surface area (Å²) in [5.74, 6) is -1.10. The van der Waals surface area contributed by atoms with Gasteiger partial charge in [0.05, 0.1) is 6.10 Å². The van der Waals surface area contributed by atoms with E-state index in [0.29, 0.717) is 11.3 Å². The van der Waals surface area contributed by atoms with Crippen molar-refractivity contribution in [3.8, 4) is 5.75 Å². The smallest absolute Gasteiger partial charge is 0.159 e. The summed E-state index contributed by atoms with van der Waals surface area (Å²) in [5, 5.41) is 9.49. The van der Waals surface area contributed by atoms with Crippen molar-refractivity contribution in [3.05, 3.63) is 64.7 Å². The Labute approximate surface area is 116 Å². The molecule has 1 atom stereocenters. The third-order valence-corrected chi connectivity index (χ3v) is 3.06. The van der Waals surface area contributed by atoms with Gasteiger partial charge in [-0.3, -0.25) is 0 Å². The number of hydrogen-bond acceptors (Lipinski definition) is 2. The molecule has 0 aliphatic rings. The highest BCUT2D eigenvalue weighted by atomic mass is 19.2. The van der Waals surface area contributed by atoms with Gasteiger partial charge in [-0.05, 0) is 54.8 Å². The molecule has 2 aromatic carbocycles. The van der Waals surface area contributed by atoms with Gasteiger partial charge in [0.15, 0.2) is 11.6 Å². The fourth-order valence-electron chi connectivity index (χ4n) is 1.88. The zero-order valence-electron chi connectivity index (χ0n) is 11.4. The molecular weight excluding hydrogens is 262 g/mol. The second kappa shape index (κ2) is 6.01. The highest BCUT2D eigenvalue weighted by molar-refractivity contribution is 5.37. The summed E-state index contributed by atoms with van der Waals surface area (Å²) in [6.45, 7) is 3.72. The molecule has 0 aliphatic heterocycles. The highest BCUT2D eigenvalue weighted by Gasteiger charge is 2.07. The minimum Gasteiger partial charge on any atom is -0.489 e. The molecule has 1 N–H and O–H groups in total. The Balaban J connectivity index is 2.09. The van der Waals surface area contributed by atoms with Crippen LogP contribution < -0.4 is 4.74 Å². The Morgan fingerprint density at radius 2 is 1.85 bits per heavy atom. The zero-order chi connectivity index (χ0) is 14.7. The first-order valence-corrected chi connectivity index (χ1v) is 6.32. The van der Waals surface area contributed by atoms with Crippen LogP contribution in [0, 0.1) is 18.6 Å². The predicted octanol–water partition coefficient (Wildman–Crippen LogP) is 3.91. The molecule has 2 aromatic rings. The van der Waals surface area contributed by atoms with Crippen LogP contribution in [0.2, 0.25) is 0 Å². The maximum Gasteiger partial charge on any atom is 0.159 e. The number of benzene rings is 2. The lowest BCUT2D eigenvalue weighted by Gasteiger charge is -2.12. The van der Waals surface area contributed by atoms with Crippen molar-refractivity contribution in [2.45, 2.75) is 26.6 Å². The average molecular weight is 278 g/mol. The van der Waals surface area contributed by atoms with Crippen molar-refractivity contribution in [1.29, 1.82) is 0 Å². The van der Waals surface area contributed by atoms with E-state index >= 15 is 0 Å². The topological polar surface area (TPSA) is 29.5 Å². The molecule has 2 nitrogen and oxygen atoms in total. The van der Waals surface area contributed by atoms with Crippen molar-refractivity contribution in [3.63, 3.8) is 0 Å². The van der Waals surface area contributed by atoms with Crippen LogP contribution >= 0.6 is 0 Å². The van der Waals surface area contributed by atoms with Gasteiger partial charge in [0.1, 0.15) is 12.4 Å². The van der Waals surface area contributed by atoms with Crippen LogP contribution in [0.4, 0.5) is 8.78 Å². The molecule has 0 saturated carbocycles. The molecule has 2 rings (SSSR count). The van der Waals surface area contributed by atoms with Gasteiger partial charge in [-0.15, -0.1) is 0 Å². The van der Waals surface area contributed by atoms with E-state index in [4.69, 9.17) is 4.74 Å². The van der Waals surface area contributed by atoms with Gasteiger partial charge in [0, 0.05) is 0 Å². The van der Waals surface area contributed by atoms with Gasteiger partial charge in [0.2, 0.25) is 0 Å². The van der Waals surface area contributed by atoms with Crippen LogP contribution in [-0.2, 0) is 6.61 Å². The summed E-state index contributed by atoms with van der Waals surface area (Å²) in [4.78, 5) is 0. The lowest BCUT2D eigenvalue weighted by Crippen LogP contribution is -2.00. The monoisotopic (exact) mass is 278 g/mol. The number of aliphatic hydroxyl groups excluding tert-OH is 1. The maximum absolute atomic E-state index is 13.1. The molecule has 0 saturated heterocycles. The summed E-state index contributed by atoms with van der Waals surface area (Å²) in [6.07, 6.45) is -0.533. The number of ether oxygens (including phenoxy) is 1. The van der Waals surface area contributed by atoms with E-state index in [9.17, 15) is 13.9 Å². The van der Waals surface area contributed by atoms with Crippen LogP contribution in [-0.4, -0.2) is 5.11 Å². The van der Waals surface area contributed by atoms with E-state index < -0.39 is 17.7 Å². The van der Waals surface area contributed by atoms with Gasteiger partial charge in [-0.25, -0.2) is 8.78 Å². The molecule has 0 fully saturated rings. The van der Waals surface area contributed by atoms with E-state index in [1.165, 1.54) is 6.07 Å². The zero-order valence-corrected chi connectivity index (χ0v) is 11.4. The highest BCUT2D eigenvalue weighted by Crippen LogP contribution is 2.23. The fraction of sp³-hybridized carbons (Fsp3) is 0.250. The van der Waals surface area contributed by atoms with Crippen LogP contribution in [0.5, 0.6) is 5.75 Å². The first kappa shape index (κ1) is 14.5. The molecule has 20 heavy (non-hydrogen) atoms. The SMILES string of the molecule is Cc1cc(C(C)O)ccc1OCc1ccc(F)c(F)c1. The van der Waals surface area contributed by atoms with E-state index in [1.54, 1.807) is 19.1 Å². The molecule has 0 heterocycles. The number of hydrogen-bond donors (Lipinski definition) is 1. The Hall–Kier alpha value is -1.94. The molecule has 0 bridgehead atoms. The normalized spacial score (nSPS) is 12.2. The number of aliphatic hydroxyl groups is 1. The minimum absolute atomic E-state index is 0.159. The molecular formula is C16H16F2O2. The van der Waals surface area contributed by atoms with E-state index in [0.717, 1.165) is 23.3 Å². The quantitative estimate of drug-likeness (QED) is 0.919. The van der Waals surface area contributed by atoms with Crippen molar-refractivity contribution in [2.75, 3.05) is 0 Å². The third-order valence-electron chi connectivity index (χ3n) is 3.06. The molecule has 106 valence electrons. The second-order valence-corrected chi connectivity index (χ2v) is 4.74. The van der Waals surface area contributed by atoms with Crippen LogP contribution in [0.3, 0.4) is 0 Å². The lowest BCUT2D eigenvalue weighted by atomic mass is 10.1. The maximum atomic E-state index is 13.1. The molecule has 0 aliphatic carbocycles. The van der Waals surface area contributed by atoms with Crippen molar-refractivity contribution in [1.82, 2.24) is 0 Å². The molecule has 4 heteroatoms. The first-order chi connectivity index (χ1) is 9.47. The molecule has 0 amide bonds. The summed E-state index contributed by atoms with van der Waals surface area (Å²) in [5.41, 5.74) is 2.25. The number of rotatable bonds is 4. The Bertz CT molecular complexity index is 609. The van der Waals surface area contributed by atoms with Crippen molar-refractivity contribution in [2.24, 2.45) is 0 Å². The molecule has 1 unspecified atom stereocenters. The van der Waals surface area contributed by atoms with Crippen LogP contribution in [0.15, 0.2) is 36.4 Å². The fourth-order valence-corrected chi connectivity index (χ4v) is 1.88. The average Bonchev–Trinajstić information content (AvgIpc) is 2.41. The first-order valence-electron chi connectivity index (χ1n) is 6.32. The predicted molar refractivity (Wildman–Crippen MR) is 72.5 cm³/mol. The summed E-state index contributed by atoms with van der Waals surface area (Å²) in [6, 6.07) is 9.06. The van der Waals surface area contributed by atoms with Gasteiger partial charge in [0.25, 0.3) is 0 Å². The summed E-state index contributed by atoms with van der Waals surface area (Å²) >= 11 is 0. The van der Waals surface area contributed by atoms with Gasteiger partial charge < -0.3 is 9.84 Å². The van der Waals surface area contributed by atoms with Crippen molar-refractivity contribution < 1.29 is 18.6 Å².